The Balaban J connectivity index is 2.22. The second kappa shape index (κ2) is 5.79. The van der Waals surface area contributed by atoms with Crippen molar-refractivity contribution in [3.05, 3.63) is 62.4 Å². The van der Waals surface area contributed by atoms with E-state index in [4.69, 9.17) is 0 Å². The number of hydrogen-bond donors (Lipinski definition) is 1. The number of aromatic nitrogens is 1. The van der Waals surface area contributed by atoms with E-state index in [2.05, 4.69) is 26.2 Å². The Hall–Kier alpha value is -1.95. The predicted octanol–water partition coefficient (Wildman–Crippen LogP) is 3.67. The molecule has 19 heavy (non-hydrogen) atoms. The lowest BCUT2D eigenvalue weighted by molar-refractivity contribution is -0.384. The third-order valence-corrected chi connectivity index (χ3v) is 3.27. The smallest absolute Gasteiger partial charge is 0.292 e. The number of anilines is 1. The first-order chi connectivity index (χ1) is 9.08. The van der Waals surface area contributed by atoms with Crippen molar-refractivity contribution in [3.63, 3.8) is 0 Å². The minimum atomic E-state index is -0.398. The highest BCUT2D eigenvalue weighted by atomic mass is 79.9. The van der Waals surface area contributed by atoms with Gasteiger partial charge in [0.05, 0.1) is 4.92 Å². The van der Waals surface area contributed by atoms with Crippen molar-refractivity contribution in [1.29, 1.82) is 0 Å². The summed E-state index contributed by atoms with van der Waals surface area (Å²) in [7, 11) is 0. The average molecular weight is 322 g/mol. The number of hydrogen-bond acceptors (Lipinski definition) is 4. The molecule has 1 heterocycles. The van der Waals surface area contributed by atoms with Crippen LogP contribution in [0, 0.1) is 17.0 Å². The molecule has 0 saturated heterocycles. The van der Waals surface area contributed by atoms with Crippen LogP contribution in [0.1, 0.15) is 11.1 Å². The Kier molecular flexibility index (Phi) is 4.11. The van der Waals surface area contributed by atoms with Gasteiger partial charge in [0.2, 0.25) is 0 Å². The molecule has 0 unspecified atom stereocenters. The highest BCUT2D eigenvalue weighted by molar-refractivity contribution is 9.10. The normalized spacial score (nSPS) is 10.2. The maximum absolute atomic E-state index is 10.9. The Morgan fingerprint density at radius 2 is 2.21 bits per heavy atom. The molecule has 98 valence electrons. The predicted molar refractivity (Wildman–Crippen MR) is 77.1 cm³/mol. The van der Waals surface area contributed by atoms with Gasteiger partial charge in [0.1, 0.15) is 5.69 Å². The topological polar surface area (TPSA) is 68.1 Å². The highest BCUT2D eigenvalue weighted by Gasteiger charge is 2.13. The number of aryl methyl sites for hydroxylation is 1. The van der Waals surface area contributed by atoms with Gasteiger partial charge in [-0.3, -0.25) is 15.1 Å². The molecule has 0 bridgehead atoms. The van der Waals surface area contributed by atoms with Crippen LogP contribution in [0.3, 0.4) is 0 Å². The standard InChI is InChI=1S/C13H12BrN3O2/c1-9-4-5-15-7-10(9)8-16-12-6-11(14)2-3-13(12)17(18)19/h2-7,16H,8H2,1H3. The zero-order chi connectivity index (χ0) is 13.8. The van der Waals surface area contributed by atoms with E-state index in [1.165, 1.54) is 6.07 Å². The lowest BCUT2D eigenvalue weighted by Crippen LogP contribution is -2.04. The molecule has 2 rings (SSSR count). The van der Waals surface area contributed by atoms with Gasteiger partial charge in [-0.25, -0.2) is 0 Å². The van der Waals surface area contributed by atoms with Gasteiger partial charge in [-0.15, -0.1) is 0 Å². The van der Waals surface area contributed by atoms with Crippen molar-refractivity contribution in [2.45, 2.75) is 13.5 Å². The summed E-state index contributed by atoms with van der Waals surface area (Å²) in [6.07, 6.45) is 3.48. The second-order valence-electron chi connectivity index (χ2n) is 4.07. The average Bonchev–Trinajstić information content (AvgIpc) is 2.37. The summed E-state index contributed by atoms with van der Waals surface area (Å²) >= 11 is 3.31. The number of nitrogens with one attached hydrogen (secondary N) is 1. The number of nitro benzene ring substituents is 1. The minimum absolute atomic E-state index is 0.0599. The molecule has 0 aliphatic carbocycles. The molecule has 0 aliphatic rings. The Morgan fingerprint density at radius 1 is 1.42 bits per heavy atom. The summed E-state index contributed by atoms with van der Waals surface area (Å²) in [5.41, 5.74) is 2.66. The van der Waals surface area contributed by atoms with Crippen LogP contribution in [0.4, 0.5) is 11.4 Å². The van der Waals surface area contributed by atoms with E-state index >= 15 is 0 Å². The van der Waals surface area contributed by atoms with Gasteiger partial charge in [-0.2, -0.15) is 0 Å². The molecule has 5 nitrogen and oxygen atoms in total. The third kappa shape index (κ3) is 3.29. The largest absolute Gasteiger partial charge is 0.375 e. The fraction of sp³-hybridized carbons (Fsp3) is 0.154. The summed E-state index contributed by atoms with van der Waals surface area (Å²) in [6.45, 7) is 2.48. The van der Waals surface area contributed by atoms with Gasteiger partial charge in [-0.1, -0.05) is 15.9 Å². The number of halogens is 1. The fourth-order valence-electron chi connectivity index (χ4n) is 1.68. The zero-order valence-electron chi connectivity index (χ0n) is 10.3. The van der Waals surface area contributed by atoms with E-state index in [9.17, 15) is 10.1 Å². The van der Waals surface area contributed by atoms with Crippen molar-refractivity contribution in [2.75, 3.05) is 5.32 Å². The molecular formula is C13H12BrN3O2. The van der Waals surface area contributed by atoms with Crippen LogP contribution in [0.15, 0.2) is 41.1 Å². The number of benzene rings is 1. The van der Waals surface area contributed by atoms with Crippen molar-refractivity contribution in [3.8, 4) is 0 Å². The van der Waals surface area contributed by atoms with Crippen molar-refractivity contribution in [2.24, 2.45) is 0 Å². The molecule has 0 aliphatic heterocycles. The SMILES string of the molecule is Cc1ccncc1CNc1cc(Br)ccc1[N+](=O)[O-]. The van der Waals surface area contributed by atoms with Gasteiger partial charge < -0.3 is 5.32 Å². The number of rotatable bonds is 4. The van der Waals surface area contributed by atoms with Crippen molar-refractivity contribution < 1.29 is 4.92 Å². The van der Waals surface area contributed by atoms with E-state index in [-0.39, 0.29) is 5.69 Å². The van der Waals surface area contributed by atoms with Crippen LogP contribution in [0.25, 0.3) is 0 Å². The van der Waals surface area contributed by atoms with E-state index in [1.54, 1.807) is 24.5 Å². The van der Waals surface area contributed by atoms with Crippen molar-refractivity contribution in [1.82, 2.24) is 4.98 Å². The molecule has 1 N–H and O–H groups in total. The maximum atomic E-state index is 10.9. The molecular weight excluding hydrogens is 310 g/mol. The molecule has 1 aromatic carbocycles. The van der Waals surface area contributed by atoms with Gasteiger partial charge in [0.15, 0.2) is 0 Å². The van der Waals surface area contributed by atoms with E-state index < -0.39 is 4.92 Å². The molecule has 0 radical (unpaired) electrons. The molecule has 0 amide bonds. The highest BCUT2D eigenvalue weighted by Crippen LogP contribution is 2.28. The lowest BCUT2D eigenvalue weighted by Gasteiger charge is -2.09. The number of nitro groups is 1. The van der Waals surface area contributed by atoms with E-state index in [0.717, 1.165) is 15.6 Å². The zero-order valence-corrected chi connectivity index (χ0v) is 11.8. The third-order valence-electron chi connectivity index (χ3n) is 2.77. The number of pyridine rings is 1. The first-order valence-corrected chi connectivity index (χ1v) is 6.44. The monoisotopic (exact) mass is 321 g/mol. The summed E-state index contributed by atoms with van der Waals surface area (Å²) in [5.74, 6) is 0. The van der Waals surface area contributed by atoms with Crippen LogP contribution in [-0.4, -0.2) is 9.91 Å². The first kappa shape index (κ1) is 13.5. The second-order valence-corrected chi connectivity index (χ2v) is 4.99. The van der Waals surface area contributed by atoms with Gasteiger partial charge in [0.25, 0.3) is 5.69 Å². The molecule has 6 heteroatoms. The van der Waals surface area contributed by atoms with E-state index in [1.807, 2.05) is 13.0 Å². The Labute approximate surface area is 119 Å². The minimum Gasteiger partial charge on any atom is -0.375 e. The van der Waals surface area contributed by atoms with Crippen molar-refractivity contribution >= 4 is 27.3 Å². The molecule has 2 aromatic rings. The summed E-state index contributed by atoms with van der Waals surface area (Å²) in [4.78, 5) is 14.6. The first-order valence-electron chi connectivity index (χ1n) is 5.65. The van der Waals surface area contributed by atoms with Crippen LogP contribution in [0.5, 0.6) is 0 Å². The van der Waals surface area contributed by atoms with Gasteiger partial charge in [-0.05, 0) is 36.2 Å². The van der Waals surface area contributed by atoms with E-state index in [0.29, 0.717) is 12.2 Å². The molecule has 0 fully saturated rings. The van der Waals surface area contributed by atoms with Gasteiger partial charge >= 0.3 is 0 Å². The summed E-state index contributed by atoms with van der Waals surface area (Å²) < 4.78 is 0.795. The fourth-order valence-corrected chi connectivity index (χ4v) is 2.04. The van der Waals surface area contributed by atoms with Gasteiger partial charge in [0, 0.05) is 29.5 Å². The summed E-state index contributed by atoms with van der Waals surface area (Å²) in [6, 6.07) is 6.73. The van der Waals surface area contributed by atoms with Crippen LogP contribution in [0.2, 0.25) is 0 Å². The summed E-state index contributed by atoms with van der Waals surface area (Å²) in [5, 5.41) is 14.0. The lowest BCUT2D eigenvalue weighted by atomic mass is 10.1. The Bertz CT molecular complexity index is 617. The maximum Gasteiger partial charge on any atom is 0.292 e. The number of nitrogens with zero attached hydrogens (tertiary/aromatic N) is 2. The van der Waals surface area contributed by atoms with Crippen LogP contribution < -0.4 is 5.32 Å². The van der Waals surface area contributed by atoms with Crippen LogP contribution in [-0.2, 0) is 6.54 Å². The quantitative estimate of drug-likeness (QED) is 0.689. The Morgan fingerprint density at radius 3 is 2.89 bits per heavy atom. The molecule has 0 saturated carbocycles. The van der Waals surface area contributed by atoms with Crippen LogP contribution >= 0.6 is 15.9 Å². The molecule has 0 spiro atoms. The molecule has 0 atom stereocenters. The molecule has 1 aromatic heterocycles.